The highest BCUT2D eigenvalue weighted by Gasteiger charge is 2.46. The molecule has 21 heavy (non-hydrogen) atoms. The molecule has 0 bridgehead atoms. The van der Waals surface area contributed by atoms with Crippen LogP contribution in [0.3, 0.4) is 0 Å². The molecular formula is C15H17NO5. The van der Waals surface area contributed by atoms with E-state index >= 15 is 0 Å². The molecule has 1 saturated carbocycles. The predicted octanol–water partition coefficient (Wildman–Crippen LogP) is 1.15. The largest absolute Gasteiger partial charge is 0.481 e. The van der Waals surface area contributed by atoms with E-state index in [4.69, 9.17) is 10.2 Å². The van der Waals surface area contributed by atoms with Crippen molar-refractivity contribution in [3.8, 4) is 0 Å². The highest BCUT2D eigenvalue weighted by atomic mass is 16.4. The number of amides is 1. The molecule has 0 aromatic heterocycles. The molecule has 0 spiro atoms. The molecule has 6 heteroatoms. The molecule has 0 heterocycles. The number of nitrogens with one attached hydrogen (secondary N) is 1. The maximum absolute atomic E-state index is 12.5. The lowest BCUT2D eigenvalue weighted by atomic mass is 9.63. The first kappa shape index (κ1) is 15.0. The summed E-state index contributed by atoms with van der Waals surface area (Å²) in [4.78, 5) is 34.2. The van der Waals surface area contributed by atoms with Crippen LogP contribution in [0.4, 0.5) is 0 Å². The fourth-order valence-corrected chi connectivity index (χ4v) is 2.61. The van der Waals surface area contributed by atoms with Crippen LogP contribution in [0.25, 0.3) is 0 Å². The number of hydrogen-bond donors (Lipinski definition) is 3. The second-order valence-electron chi connectivity index (χ2n) is 5.26. The average Bonchev–Trinajstić information content (AvgIpc) is 2.37. The Balaban J connectivity index is 2.17. The molecule has 1 aliphatic carbocycles. The van der Waals surface area contributed by atoms with Crippen molar-refractivity contribution in [3.05, 3.63) is 35.9 Å². The van der Waals surface area contributed by atoms with Gasteiger partial charge in [-0.1, -0.05) is 36.8 Å². The van der Waals surface area contributed by atoms with Crippen LogP contribution in [0.5, 0.6) is 0 Å². The van der Waals surface area contributed by atoms with E-state index < -0.39 is 35.7 Å². The molecule has 1 aromatic rings. The highest BCUT2D eigenvalue weighted by molar-refractivity contribution is 5.93. The Kier molecular flexibility index (Phi) is 4.26. The zero-order valence-corrected chi connectivity index (χ0v) is 11.4. The van der Waals surface area contributed by atoms with Gasteiger partial charge in [0.05, 0.1) is 11.8 Å². The third-order valence-electron chi connectivity index (χ3n) is 3.95. The van der Waals surface area contributed by atoms with E-state index in [9.17, 15) is 14.4 Å². The third-order valence-corrected chi connectivity index (χ3v) is 3.95. The van der Waals surface area contributed by atoms with Gasteiger partial charge in [-0.15, -0.1) is 0 Å². The quantitative estimate of drug-likeness (QED) is 0.729. The SMILES string of the molecule is O=C(O)C[C@H](NC(=O)C1(c2ccccc2)CCC1)C(=O)O. The predicted molar refractivity (Wildman–Crippen MR) is 73.8 cm³/mol. The molecule has 0 unspecified atom stereocenters. The van der Waals surface area contributed by atoms with Crippen LogP contribution < -0.4 is 5.32 Å². The average molecular weight is 291 g/mol. The van der Waals surface area contributed by atoms with E-state index in [0.29, 0.717) is 12.8 Å². The minimum absolute atomic E-state index is 0.409. The third kappa shape index (κ3) is 3.04. The molecule has 0 radical (unpaired) electrons. The molecule has 0 aliphatic heterocycles. The summed E-state index contributed by atoms with van der Waals surface area (Å²) in [5, 5.41) is 20.1. The monoisotopic (exact) mass is 291 g/mol. The highest BCUT2D eigenvalue weighted by Crippen LogP contribution is 2.43. The molecule has 1 fully saturated rings. The minimum Gasteiger partial charge on any atom is -0.481 e. The second-order valence-corrected chi connectivity index (χ2v) is 5.26. The fourth-order valence-electron chi connectivity index (χ4n) is 2.61. The zero-order valence-electron chi connectivity index (χ0n) is 11.4. The lowest BCUT2D eigenvalue weighted by Crippen LogP contribution is -2.54. The van der Waals surface area contributed by atoms with Crippen molar-refractivity contribution in [2.75, 3.05) is 0 Å². The number of rotatable bonds is 6. The van der Waals surface area contributed by atoms with Crippen molar-refractivity contribution in [1.29, 1.82) is 0 Å². The van der Waals surface area contributed by atoms with Crippen molar-refractivity contribution in [1.82, 2.24) is 5.32 Å². The van der Waals surface area contributed by atoms with Gasteiger partial charge in [0.2, 0.25) is 5.91 Å². The smallest absolute Gasteiger partial charge is 0.326 e. The van der Waals surface area contributed by atoms with E-state index in [0.717, 1.165) is 12.0 Å². The summed E-state index contributed by atoms with van der Waals surface area (Å²) in [5.74, 6) is -3.01. The first-order valence-corrected chi connectivity index (χ1v) is 6.77. The van der Waals surface area contributed by atoms with Gasteiger partial charge in [-0.3, -0.25) is 9.59 Å². The van der Waals surface area contributed by atoms with Crippen LogP contribution in [0.15, 0.2) is 30.3 Å². The summed E-state index contributed by atoms with van der Waals surface area (Å²) in [6, 6.07) is 7.77. The maximum Gasteiger partial charge on any atom is 0.326 e. The standard InChI is InChI=1S/C15H17NO5/c17-12(18)9-11(13(19)20)16-14(21)15(7-4-8-15)10-5-2-1-3-6-10/h1-3,5-6,11H,4,7-9H2,(H,16,21)(H,17,18)(H,19,20)/t11-/m0/s1. The molecule has 112 valence electrons. The lowest BCUT2D eigenvalue weighted by Gasteiger charge is -2.41. The van der Waals surface area contributed by atoms with Crippen molar-refractivity contribution in [2.24, 2.45) is 0 Å². The maximum atomic E-state index is 12.5. The van der Waals surface area contributed by atoms with Crippen LogP contribution in [-0.4, -0.2) is 34.1 Å². The van der Waals surface area contributed by atoms with Gasteiger partial charge in [0.25, 0.3) is 0 Å². The minimum atomic E-state index is -1.41. The van der Waals surface area contributed by atoms with Crippen molar-refractivity contribution in [3.63, 3.8) is 0 Å². The Hall–Kier alpha value is -2.37. The molecule has 1 aliphatic rings. The molecule has 1 aromatic carbocycles. The summed E-state index contributed by atoms with van der Waals surface area (Å²) in [6.45, 7) is 0. The van der Waals surface area contributed by atoms with Crippen LogP contribution in [0, 0.1) is 0 Å². The molecule has 2 rings (SSSR count). The lowest BCUT2D eigenvalue weighted by molar-refractivity contribution is -0.148. The van der Waals surface area contributed by atoms with Gasteiger partial charge < -0.3 is 15.5 Å². The Morgan fingerprint density at radius 1 is 1.14 bits per heavy atom. The van der Waals surface area contributed by atoms with E-state index in [1.54, 1.807) is 0 Å². The first-order chi connectivity index (χ1) is 9.95. The summed E-state index contributed by atoms with van der Waals surface area (Å²) in [7, 11) is 0. The summed E-state index contributed by atoms with van der Waals surface area (Å²) < 4.78 is 0. The molecule has 3 N–H and O–H groups in total. The summed E-state index contributed by atoms with van der Waals surface area (Å²) in [5.41, 5.74) is 0.112. The van der Waals surface area contributed by atoms with Crippen molar-refractivity contribution >= 4 is 17.8 Å². The van der Waals surface area contributed by atoms with Crippen molar-refractivity contribution < 1.29 is 24.6 Å². The van der Waals surface area contributed by atoms with Crippen molar-refractivity contribution in [2.45, 2.75) is 37.1 Å². The van der Waals surface area contributed by atoms with Crippen LogP contribution in [-0.2, 0) is 19.8 Å². The molecule has 1 amide bonds. The number of carbonyl (C=O) groups is 3. The van der Waals surface area contributed by atoms with Gasteiger partial charge in [0.15, 0.2) is 0 Å². The number of hydrogen-bond acceptors (Lipinski definition) is 3. The van der Waals surface area contributed by atoms with Gasteiger partial charge in [0, 0.05) is 0 Å². The topological polar surface area (TPSA) is 104 Å². The number of aliphatic carboxylic acids is 2. The van der Waals surface area contributed by atoms with Gasteiger partial charge >= 0.3 is 11.9 Å². The van der Waals surface area contributed by atoms with E-state index in [-0.39, 0.29) is 0 Å². The number of benzene rings is 1. The Labute approximate surface area is 121 Å². The zero-order chi connectivity index (χ0) is 15.5. The van der Waals surface area contributed by atoms with Gasteiger partial charge in [-0.25, -0.2) is 4.79 Å². The number of carboxylic acid groups (broad SMARTS) is 2. The number of carboxylic acids is 2. The van der Waals surface area contributed by atoms with Gasteiger partial charge in [-0.05, 0) is 18.4 Å². The van der Waals surface area contributed by atoms with Gasteiger partial charge in [-0.2, -0.15) is 0 Å². The summed E-state index contributed by atoms with van der Waals surface area (Å²) >= 11 is 0. The van der Waals surface area contributed by atoms with E-state index in [1.165, 1.54) is 0 Å². The molecule has 6 nitrogen and oxygen atoms in total. The first-order valence-electron chi connectivity index (χ1n) is 6.77. The molecule has 1 atom stereocenters. The van der Waals surface area contributed by atoms with Gasteiger partial charge in [0.1, 0.15) is 6.04 Å². The van der Waals surface area contributed by atoms with Crippen LogP contribution in [0.1, 0.15) is 31.2 Å². The summed E-state index contributed by atoms with van der Waals surface area (Å²) in [6.07, 6.45) is 1.54. The molecule has 0 saturated heterocycles. The fraction of sp³-hybridized carbons (Fsp3) is 0.400. The molecular weight excluding hydrogens is 274 g/mol. The Morgan fingerprint density at radius 2 is 1.76 bits per heavy atom. The second kappa shape index (κ2) is 5.95. The van der Waals surface area contributed by atoms with Crippen LogP contribution in [0.2, 0.25) is 0 Å². The normalized spacial score (nSPS) is 17.3. The van der Waals surface area contributed by atoms with E-state index in [1.807, 2.05) is 30.3 Å². The van der Waals surface area contributed by atoms with Crippen LogP contribution >= 0.6 is 0 Å². The Bertz CT molecular complexity index is 550. The Morgan fingerprint density at radius 3 is 2.19 bits per heavy atom. The number of carbonyl (C=O) groups excluding carboxylic acids is 1. The van der Waals surface area contributed by atoms with E-state index in [2.05, 4.69) is 5.32 Å².